The Hall–Kier alpha value is -2.04. The third kappa shape index (κ3) is 2.13. The number of H-pyrrole nitrogens is 1. The Morgan fingerprint density at radius 3 is 2.88 bits per heavy atom. The first-order chi connectivity index (χ1) is 7.66. The molecule has 0 spiro atoms. The van der Waals surface area contributed by atoms with E-state index in [2.05, 4.69) is 20.5 Å². The molecule has 2 aromatic rings. The van der Waals surface area contributed by atoms with Crippen molar-refractivity contribution in [3.05, 3.63) is 35.3 Å². The van der Waals surface area contributed by atoms with Crippen molar-refractivity contribution in [2.75, 3.05) is 11.1 Å². The maximum atomic E-state index is 5.82. The normalized spacial score (nSPS) is 10.4. The van der Waals surface area contributed by atoms with Gasteiger partial charge in [0, 0.05) is 23.5 Å². The quantitative estimate of drug-likeness (QED) is 0.729. The van der Waals surface area contributed by atoms with E-state index < -0.39 is 0 Å². The molecule has 0 radical (unpaired) electrons. The maximum absolute atomic E-state index is 5.82. The van der Waals surface area contributed by atoms with E-state index in [0.29, 0.717) is 12.2 Å². The monoisotopic (exact) mass is 217 g/mol. The van der Waals surface area contributed by atoms with Gasteiger partial charge in [-0.25, -0.2) is 4.98 Å². The van der Waals surface area contributed by atoms with Gasteiger partial charge in [-0.05, 0) is 26.0 Å². The molecular formula is C11H15N5. The number of hydrogen-bond acceptors (Lipinski definition) is 4. The number of aryl methyl sites for hydroxylation is 2. The zero-order chi connectivity index (χ0) is 11.5. The van der Waals surface area contributed by atoms with Crippen LogP contribution >= 0.6 is 0 Å². The molecule has 0 bridgehead atoms. The second-order valence-electron chi connectivity index (χ2n) is 3.76. The third-order valence-corrected chi connectivity index (χ3v) is 2.45. The molecule has 2 rings (SSSR count). The number of nitrogen functional groups attached to an aromatic ring is 1. The van der Waals surface area contributed by atoms with Gasteiger partial charge in [0.05, 0.1) is 11.9 Å². The van der Waals surface area contributed by atoms with E-state index in [1.54, 1.807) is 6.20 Å². The Labute approximate surface area is 94.1 Å². The van der Waals surface area contributed by atoms with Crippen LogP contribution in [0.25, 0.3) is 0 Å². The van der Waals surface area contributed by atoms with Crippen LogP contribution in [-0.2, 0) is 6.54 Å². The molecule has 4 N–H and O–H groups in total. The molecule has 0 unspecified atom stereocenters. The van der Waals surface area contributed by atoms with Crippen molar-refractivity contribution in [2.45, 2.75) is 20.4 Å². The van der Waals surface area contributed by atoms with Crippen molar-refractivity contribution >= 4 is 11.5 Å². The van der Waals surface area contributed by atoms with Crippen LogP contribution < -0.4 is 11.1 Å². The molecule has 0 fully saturated rings. The van der Waals surface area contributed by atoms with Crippen LogP contribution in [0.1, 0.15) is 17.0 Å². The maximum Gasteiger partial charge on any atom is 0.149 e. The van der Waals surface area contributed by atoms with Crippen molar-refractivity contribution in [3.63, 3.8) is 0 Å². The molecule has 0 aliphatic heterocycles. The summed E-state index contributed by atoms with van der Waals surface area (Å²) in [6.07, 6.45) is 1.80. The number of pyridine rings is 1. The van der Waals surface area contributed by atoms with E-state index in [1.807, 2.05) is 26.0 Å². The van der Waals surface area contributed by atoms with Gasteiger partial charge in [-0.1, -0.05) is 0 Å². The summed E-state index contributed by atoms with van der Waals surface area (Å²) in [6.45, 7) is 4.59. The van der Waals surface area contributed by atoms with Crippen LogP contribution in [0.3, 0.4) is 0 Å². The summed E-state index contributed by atoms with van der Waals surface area (Å²) in [5, 5.41) is 10.0. The Bertz CT molecular complexity index is 489. The molecule has 16 heavy (non-hydrogen) atoms. The van der Waals surface area contributed by atoms with E-state index in [1.165, 1.54) is 0 Å². The SMILES string of the molecule is Cc1ccc(N)c(NCc2cn[nH]c2C)n1. The molecule has 5 nitrogen and oxygen atoms in total. The van der Waals surface area contributed by atoms with E-state index in [9.17, 15) is 0 Å². The first-order valence-corrected chi connectivity index (χ1v) is 5.12. The van der Waals surface area contributed by atoms with E-state index in [0.717, 1.165) is 22.8 Å². The van der Waals surface area contributed by atoms with Crippen LogP contribution in [0.2, 0.25) is 0 Å². The summed E-state index contributed by atoms with van der Waals surface area (Å²) < 4.78 is 0. The van der Waals surface area contributed by atoms with E-state index >= 15 is 0 Å². The van der Waals surface area contributed by atoms with Crippen LogP contribution in [0.4, 0.5) is 11.5 Å². The second kappa shape index (κ2) is 4.22. The highest BCUT2D eigenvalue weighted by Gasteiger charge is 2.03. The van der Waals surface area contributed by atoms with Crippen molar-refractivity contribution in [3.8, 4) is 0 Å². The van der Waals surface area contributed by atoms with Crippen LogP contribution in [0.5, 0.6) is 0 Å². The lowest BCUT2D eigenvalue weighted by Crippen LogP contribution is -2.05. The van der Waals surface area contributed by atoms with Gasteiger partial charge in [-0.3, -0.25) is 5.10 Å². The minimum absolute atomic E-state index is 0.659. The minimum Gasteiger partial charge on any atom is -0.396 e. The zero-order valence-corrected chi connectivity index (χ0v) is 9.41. The molecule has 0 aliphatic carbocycles. The third-order valence-electron chi connectivity index (χ3n) is 2.45. The van der Waals surface area contributed by atoms with Gasteiger partial charge in [0.2, 0.25) is 0 Å². The molecule has 0 aliphatic rings. The average molecular weight is 217 g/mol. The molecule has 5 heteroatoms. The fourth-order valence-corrected chi connectivity index (χ4v) is 1.44. The van der Waals surface area contributed by atoms with Gasteiger partial charge in [-0.15, -0.1) is 0 Å². The second-order valence-corrected chi connectivity index (χ2v) is 3.76. The first-order valence-electron chi connectivity index (χ1n) is 5.12. The number of hydrogen-bond donors (Lipinski definition) is 3. The highest BCUT2D eigenvalue weighted by molar-refractivity contribution is 5.61. The lowest BCUT2D eigenvalue weighted by atomic mass is 10.2. The Kier molecular flexibility index (Phi) is 2.76. The number of nitrogens with one attached hydrogen (secondary N) is 2. The summed E-state index contributed by atoms with van der Waals surface area (Å²) >= 11 is 0. The number of nitrogens with two attached hydrogens (primary N) is 1. The number of aromatic amines is 1. The largest absolute Gasteiger partial charge is 0.396 e. The molecular weight excluding hydrogens is 202 g/mol. The molecule has 0 aromatic carbocycles. The topological polar surface area (TPSA) is 79.6 Å². The number of rotatable bonds is 3. The van der Waals surface area contributed by atoms with Gasteiger partial charge < -0.3 is 11.1 Å². The molecule has 0 saturated carbocycles. The minimum atomic E-state index is 0.659. The smallest absolute Gasteiger partial charge is 0.149 e. The van der Waals surface area contributed by atoms with Gasteiger partial charge in [0.1, 0.15) is 5.82 Å². The molecule has 84 valence electrons. The summed E-state index contributed by atoms with van der Waals surface area (Å²) in [5.74, 6) is 0.723. The molecule has 0 saturated heterocycles. The highest BCUT2D eigenvalue weighted by Crippen LogP contribution is 2.16. The Balaban J connectivity index is 2.10. The highest BCUT2D eigenvalue weighted by atomic mass is 15.1. The number of aromatic nitrogens is 3. The average Bonchev–Trinajstić information content (AvgIpc) is 2.66. The summed E-state index contributed by atoms with van der Waals surface area (Å²) in [7, 11) is 0. The van der Waals surface area contributed by atoms with Gasteiger partial charge in [0.25, 0.3) is 0 Å². The standard InChI is InChI=1S/C11H15N5/c1-7-3-4-10(12)11(15-7)13-5-9-6-14-16-8(9)2/h3-4,6H,5,12H2,1-2H3,(H,13,15)(H,14,16). The first kappa shape index (κ1) is 10.5. The molecule has 2 heterocycles. The molecule has 0 amide bonds. The van der Waals surface area contributed by atoms with Gasteiger partial charge in [0.15, 0.2) is 0 Å². The van der Waals surface area contributed by atoms with Crippen LogP contribution in [-0.4, -0.2) is 15.2 Å². The van der Waals surface area contributed by atoms with E-state index in [-0.39, 0.29) is 0 Å². The lowest BCUT2D eigenvalue weighted by Gasteiger charge is -2.08. The van der Waals surface area contributed by atoms with Crippen molar-refractivity contribution in [1.82, 2.24) is 15.2 Å². The Morgan fingerprint density at radius 1 is 1.38 bits per heavy atom. The van der Waals surface area contributed by atoms with Crippen LogP contribution in [0.15, 0.2) is 18.3 Å². The van der Waals surface area contributed by atoms with Crippen molar-refractivity contribution < 1.29 is 0 Å². The summed E-state index contributed by atoms with van der Waals surface area (Å²) in [5.41, 5.74) is 9.59. The summed E-state index contributed by atoms with van der Waals surface area (Å²) in [6, 6.07) is 3.75. The Morgan fingerprint density at radius 2 is 2.19 bits per heavy atom. The van der Waals surface area contributed by atoms with Crippen molar-refractivity contribution in [2.24, 2.45) is 0 Å². The fraction of sp³-hybridized carbons (Fsp3) is 0.273. The van der Waals surface area contributed by atoms with E-state index in [4.69, 9.17) is 5.73 Å². The fourth-order valence-electron chi connectivity index (χ4n) is 1.44. The van der Waals surface area contributed by atoms with Crippen molar-refractivity contribution in [1.29, 1.82) is 0 Å². The zero-order valence-electron chi connectivity index (χ0n) is 9.41. The van der Waals surface area contributed by atoms with Crippen LogP contribution in [0, 0.1) is 13.8 Å². The predicted molar refractivity (Wildman–Crippen MR) is 64.0 cm³/mol. The van der Waals surface area contributed by atoms with Gasteiger partial charge >= 0.3 is 0 Å². The molecule has 0 atom stereocenters. The number of nitrogens with zero attached hydrogens (tertiary/aromatic N) is 2. The number of anilines is 2. The lowest BCUT2D eigenvalue weighted by molar-refractivity contribution is 1.04. The predicted octanol–water partition coefficient (Wildman–Crippen LogP) is 1.62. The summed E-state index contributed by atoms with van der Waals surface area (Å²) in [4.78, 5) is 4.34. The molecule has 2 aromatic heterocycles. The van der Waals surface area contributed by atoms with Gasteiger partial charge in [-0.2, -0.15) is 5.10 Å².